The Bertz CT molecular complexity index is 3430. The van der Waals surface area contributed by atoms with Gasteiger partial charge in [-0.3, -0.25) is 0 Å². The SMILES string of the molecule is C=C/C(=C\C=C(/C)CCCC)OC.CC.CC.CC.CC1=C2C=CC=C3c4c(-c5ccccc5)c5c(c(-c6ccccc6)c4C(C=C1)C32)-c1ccc(C)c2cccc-5c12.COC1=CCC(C)C=C1.Cc1ccc(N)cc1.Cc1ccccc1. The van der Waals surface area contributed by atoms with Crippen molar-refractivity contribution >= 4 is 22.0 Å². The topological polar surface area (TPSA) is 44.5 Å². The largest absolute Gasteiger partial charge is 0.497 e. The molecule has 0 amide bonds. The number of unbranched alkanes of at least 4 members (excludes halogenated alkanes) is 1. The number of nitrogens with two attached hydrogens (primary N) is 1. The van der Waals surface area contributed by atoms with Crippen molar-refractivity contribution < 1.29 is 9.47 Å². The Hall–Kier alpha value is -8.14. The Kier molecular flexibility index (Phi) is 26.7. The molecule has 3 nitrogen and oxygen atoms in total. The number of ether oxygens (including phenoxy) is 2. The fourth-order valence-corrected chi connectivity index (χ4v) is 11.0. The molecule has 0 bridgehead atoms. The highest BCUT2D eigenvalue weighted by atomic mass is 16.5. The van der Waals surface area contributed by atoms with Crippen molar-refractivity contribution in [1.29, 1.82) is 0 Å². The van der Waals surface area contributed by atoms with Crippen LogP contribution < -0.4 is 5.73 Å². The van der Waals surface area contributed by atoms with Gasteiger partial charge in [-0.25, -0.2) is 0 Å². The average molecular weight is 1100 g/mol. The van der Waals surface area contributed by atoms with E-state index in [1.807, 2.05) is 103 Å². The highest BCUT2D eigenvalue weighted by Gasteiger charge is 2.46. The number of fused-ring (bicyclic) bond motifs is 6. The van der Waals surface area contributed by atoms with E-state index in [1.165, 1.54) is 125 Å². The molecule has 83 heavy (non-hydrogen) atoms. The molecular formula is C80H95NO2. The number of methoxy groups -OCH3 is 2. The summed E-state index contributed by atoms with van der Waals surface area (Å²) in [6.07, 6.45) is 28.7. The third kappa shape index (κ3) is 16.3. The van der Waals surface area contributed by atoms with E-state index in [1.54, 1.807) is 20.3 Å². The second-order valence-electron chi connectivity index (χ2n) is 20.7. The molecule has 7 aromatic rings. The van der Waals surface area contributed by atoms with Gasteiger partial charge >= 0.3 is 0 Å². The van der Waals surface area contributed by atoms with Crippen molar-refractivity contribution in [2.45, 2.75) is 122 Å². The maximum atomic E-state index is 5.43. The van der Waals surface area contributed by atoms with Gasteiger partial charge in [-0.05, 0) is 185 Å². The van der Waals surface area contributed by atoms with Crippen LogP contribution in [0.25, 0.3) is 60.9 Å². The normalized spacial score (nSPS) is 15.8. The third-order valence-electron chi connectivity index (χ3n) is 15.1. The van der Waals surface area contributed by atoms with E-state index in [4.69, 9.17) is 15.2 Å². The van der Waals surface area contributed by atoms with Gasteiger partial charge < -0.3 is 15.2 Å². The number of hydrogen-bond donors (Lipinski definition) is 1. The molecule has 0 aromatic heterocycles. The van der Waals surface area contributed by atoms with Gasteiger partial charge in [0.05, 0.1) is 14.2 Å². The lowest BCUT2D eigenvalue weighted by Gasteiger charge is -2.28. The molecule has 432 valence electrons. The molecule has 12 rings (SSSR count). The lowest BCUT2D eigenvalue weighted by Crippen LogP contribution is -2.14. The first-order valence-electron chi connectivity index (χ1n) is 30.4. The molecule has 3 heteroatoms. The van der Waals surface area contributed by atoms with Crippen LogP contribution in [0.4, 0.5) is 5.69 Å². The highest BCUT2D eigenvalue weighted by Crippen LogP contribution is 2.65. The molecular weight excluding hydrogens is 1010 g/mol. The van der Waals surface area contributed by atoms with Crippen molar-refractivity contribution in [3.05, 3.63) is 275 Å². The standard InChI is InChI=1S/C40H28.C12H20O.C8H12O.C7H9N.C7H8.3C2H6/c1-23-19-21-31-35-27(23)15-9-17-29(35)37-33(25-11-5-3-6-12-25)38-30-18-10-16-28-24(2)20-22-32(36(28)30)40(38)34(39(31)37)26-13-7-4-8-14-26;1-5-7-8-11(3)9-10-12(6-2)13-4;1-7-3-5-8(9-2)6-4-7;1-6-2-4-7(8)5-3-6;1-7-5-3-2-4-6-7;3*1-2/h3-22,31,35H,1-2H3;6,9-10H,2,5,7-8H2,1,3-4H3;3,5-7H,4H2,1-2H3;2-5H,8H2,1H3;2-6H,1H3;3*1-2H3/b;11-9+,12-10+;;;;;;. The first kappa shape index (κ1) is 65.7. The van der Waals surface area contributed by atoms with E-state index in [0.29, 0.717) is 17.8 Å². The lowest BCUT2D eigenvalue weighted by atomic mass is 9.75. The van der Waals surface area contributed by atoms with Gasteiger partial charge in [0, 0.05) is 17.5 Å². The number of allylic oxidation sites excluding steroid dienone is 15. The van der Waals surface area contributed by atoms with E-state index in [-0.39, 0.29) is 0 Å². The fourth-order valence-electron chi connectivity index (χ4n) is 11.0. The summed E-state index contributed by atoms with van der Waals surface area (Å²) in [6.45, 7) is 30.8. The van der Waals surface area contributed by atoms with E-state index in [9.17, 15) is 0 Å². The zero-order chi connectivity index (χ0) is 60.4. The van der Waals surface area contributed by atoms with Crippen LogP contribution in [0.2, 0.25) is 0 Å². The molecule has 5 aliphatic rings. The van der Waals surface area contributed by atoms with Gasteiger partial charge in [-0.2, -0.15) is 0 Å². The van der Waals surface area contributed by atoms with Gasteiger partial charge in [0.1, 0.15) is 11.5 Å². The first-order valence-corrected chi connectivity index (χ1v) is 30.4. The van der Waals surface area contributed by atoms with E-state index in [2.05, 4.69) is 200 Å². The van der Waals surface area contributed by atoms with Crippen molar-refractivity contribution in [3.63, 3.8) is 0 Å². The minimum atomic E-state index is 0.317. The maximum absolute atomic E-state index is 5.43. The monoisotopic (exact) mass is 1100 g/mol. The first-order chi connectivity index (χ1) is 40.5. The van der Waals surface area contributed by atoms with Crippen molar-refractivity contribution in [1.82, 2.24) is 0 Å². The average Bonchev–Trinajstić information content (AvgIpc) is 1.61. The Labute approximate surface area is 501 Å². The van der Waals surface area contributed by atoms with Crippen molar-refractivity contribution in [3.8, 4) is 44.5 Å². The van der Waals surface area contributed by atoms with Gasteiger partial charge in [-0.15, -0.1) is 0 Å². The predicted octanol–water partition coefficient (Wildman–Crippen LogP) is 23.3. The number of rotatable bonds is 9. The van der Waals surface area contributed by atoms with Gasteiger partial charge in [0.15, 0.2) is 0 Å². The summed E-state index contributed by atoms with van der Waals surface area (Å²) in [5, 5.41) is 2.76. The van der Waals surface area contributed by atoms with Crippen LogP contribution in [-0.2, 0) is 9.47 Å². The van der Waals surface area contributed by atoms with Crippen LogP contribution in [0.5, 0.6) is 0 Å². The minimum Gasteiger partial charge on any atom is -0.497 e. The van der Waals surface area contributed by atoms with Gasteiger partial charge in [0.25, 0.3) is 0 Å². The Balaban J connectivity index is 0.000000239. The molecule has 3 unspecified atom stereocenters. The van der Waals surface area contributed by atoms with Crippen LogP contribution in [0.3, 0.4) is 0 Å². The minimum absolute atomic E-state index is 0.317. The van der Waals surface area contributed by atoms with Gasteiger partial charge in [-0.1, -0.05) is 261 Å². The smallest absolute Gasteiger partial charge is 0.118 e. The third-order valence-corrected chi connectivity index (χ3v) is 15.1. The molecule has 0 fully saturated rings. The molecule has 0 saturated carbocycles. The number of anilines is 1. The second kappa shape index (κ2) is 33.7. The van der Waals surface area contributed by atoms with Crippen LogP contribution in [0.15, 0.2) is 247 Å². The molecule has 0 saturated heterocycles. The second-order valence-corrected chi connectivity index (χ2v) is 20.7. The Morgan fingerprint density at radius 3 is 1.76 bits per heavy atom. The highest BCUT2D eigenvalue weighted by molar-refractivity contribution is 6.24. The number of hydrogen-bond acceptors (Lipinski definition) is 3. The summed E-state index contributed by atoms with van der Waals surface area (Å²) in [5.41, 5.74) is 29.8. The number of nitrogen functional groups attached to an aromatic ring is 1. The zero-order valence-electron chi connectivity index (χ0n) is 52.9. The fraction of sp³-hybridized carbons (Fsp3) is 0.275. The molecule has 0 heterocycles. The maximum Gasteiger partial charge on any atom is 0.118 e. The molecule has 0 aliphatic heterocycles. The van der Waals surface area contributed by atoms with E-state index < -0.39 is 0 Å². The molecule has 5 aliphatic carbocycles. The summed E-state index contributed by atoms with van der Waals surface area (Å²) in [7, 11) is 3.36. The molecule has 0 radical (unpaired) electrons. The van der Waals surface area contributed by atoms with Crippen molar-refractivity contribution in [2.24, 2.45) is 11.8 Å². The number of aryl methyl sites for hydroxylation is 3. The molecule has 2 N–H and O–H groups in total. The summed E-state index contributed by atoms with van der Waals surface area (Å²) in [6, 6.07) is 52.0. The number of benzene rings is 7. The van der Waals surface area contributed by atoms with Gasteiger partial charge in [0.2, 0.25) is 0 Å². The summed E-state index contributed by atoms with van der Waals surface area (Å²) in [5.74, 6) is 3.18. The molecule has 3 atom stereocenters. The summed E-state index contributed by atoms with van der Waals surface area (Å²) < 4.78 is 10.1. The van der Waals surface area contributed by atoms with Crippen molar-refractivity contribution in [2.75, 3.05) is 20.0 Å². The predicted molar refractivity (Wildman–Crippen MR) is 367 cm³/mol. The van der Waals surface area contributed by atoms with Crippen LogP contribution in [-0.4, -0.2) is 14.2 Å². The Morgan fingerprint density at radius 2 is 1.22 bits per heavy atom. The zero-order valence-corrected chi connectivity index (χ0v) is 52.9. The van der Waals surface area contributed by atoms with E-state index >= 15 is 0 Å². The van der Waals surface area contributed by atoms with E-state index in [0.717, 1.165) is 23.6 Å². The van der Waals surface area contributed by atoms with Crippen LogP contribution in [0.1, 0.15) is 129 Å². The molecule has 7 aromatic carbocycles. The lowest BCUT2D eigenvalue weighted by molar-refractivity contribution is 0.302. The Morgan fingerprint density at radius 1 is 0.627 bits per heavy atom. The van der Waals surface area contributed by atoms with Crippen LogP contribution in [0, 0.1) is 32.6 Å². The molecule has 0 spiro atoms. The van der Waals surface area contributed by atoms with Crippen LogP contribution >= 0.6 is 0 Å². The quantitative estimate of drug-likeness (QED) is 0.0890. The summed E-state index contributed by atoms with van der Waals surface area (Å²) >= 11 is 0. The summed E-state index contributed by atoms with van der Waals surface area (Å²) in [4.78, 5) is 0.